The van der Waals surface area contributed by atoms with Crippen molar-refractivity contribution in [2.24, 2.45) is 18.4 Å². The molecule has 2 aromatic rings. The molecule has 0 unspecified atom stereocenters. The van der Waals surface area contributed by atoms with E-state index < -0.39 is 0 Å². The Morgan fingerprint density at radius 1 is 1.27 bits per heavy atom. The minimum absolute atomic E-state index is 0.0368. The molecule has 1 aliphatic heterocycles. The molecular formula is C21H30N4O. The van der Waals surface area contributed by atoms with Crippen LogP contribution in [-0.2, 0) is 18.4 Å². The first-order chi connectivity index (χ1) is 12.3. The average molecular weight is 354 g/mol. The van der Waals surface area contributed by atoms with Gasteiger partial charge in [-0.3, -0.25) is 9.48 Å². The summed E-state index contributed by atoms with van der Waals surface area (Å²) in [7, 11) is 1.92. The molecule has 140 valence electrons. The van der Waals surface area contributed by atoms with Crippen LogP contribution in [0.4, 0.5) is 0 Å². The summed E-state index contributed by atoms with van der Waals surface area (Å²) >= 11 is 0. The summed E-state index contributed by atoms with van der Waals surface area (Å²) in [5.41, 5.74) is 2.38. The summed E-state index contributed by atoms with van der Waals surface area (Å²) < 4.78 is 1.81. The molecule has 1 N–H and O–H groups in total. The molecule has 1 aromatic heterocycles. The topological polar surface area (TPSA) is 50.2 Å². The van der Waals surface area contributed by atoms with Crippen LogP contribution in [-0.4, -0.2) is 40.2 Å². The number of amides is 1. The number of aryl methyl sites for hydroxylation is 1. The molecule has 0 aliphatic carbocycles. The first kappa shape index (κ1) is 18.6. The van der Waals surface area contributed by atoms with Crippen molar-refractivity contribution in [2.45, 2.75) is 33.2 Å². The Morgan fingerprint density at radius 2 is 2.00 bits per heavy atom. The summed E-state index contributed by atoms with van der Waals surface area (Å²) in [6.45, 7) is 9.52. The van der Waals surface area contributed by atoms with Crippen molar-refractivity contribution in [3.05, 3.63) is 53.9 Å². The first-order valence-electron chi connectivity index (χ1n) is 9.35. The fraction of sp³-hybridized carbons (Fsp3) is 0.524. The molecule has 1 fully saturated rings. The normalized spacial score (nSPS) is 20.3. The van der Waals surface area contributed by atoms with Crippen LogP contribution in [0.2, 0.25) is 0 Å². The van der Waals surface area contributed by atoms with Gasteiger partial charge in [0.1, 0.15) is 0 Å². The van der Waals surface area contributed by atoms with Gasteiger partial charge in [0.2, 0.25) is 5.91 Å². The first-order valence-corrected chi connectivity index (χ1v) is 9.35. The maximum Gasteiger partial charge on any atom is 0.227 e. The number of nitrogens with one attached hydrogen (secondary N) is 1. The Bertz CT molecular complexity index is 732. The molecule has 3 rings (SSSR count). The van der Waals surface area contributed by atoms with E-state index in [9.17, 15) is 4.79 Å². The SMILES string of the molecule is Cn1cc([C@H]2CNC[C@@H]2C(=O)N(Cc2ccccc2)CC(C)(C)C)cn1. The number of aromatic nitrogens is 2. The van der Waals surface area contributed by atoms with Crippen molar-refractivity contribution < 1.29 is 4.79 Å². The number of rotatable bonds is 5. The average Bonchev–Trinajstić information content (AvgIpc) is 3.22. The molecule has 0 bridgehead atoms. The molecule has 5 nitrogen and oxygen atoms in total. The highest BCUT2D eigenvalue weighted by Crippen LogP contribution is 2.31. The molecule has 0 radical (unpaired) electrons. The van der Waals surface area contributed by atoms with Crippen molar-refractivity contribution in [1.82, 2.24) is 20.0 Å². The van der Waals surface area contributed by atoms with E-state index in [1.165, 1.54) is 5.56 Å². The number of hydrogen-bond donors (Lipinski definition) is 1. The van der Waals surface area contributed by atoms with Crippen LogP contribution in [0.3, 0.4) is 0 Å². The third kappa shape index (κ3) is 4.52. The molecule has 0 saturated carbocycles. The molecular weight excluding hydrogens is 324 g/mol. The van der Waals surface area contributed by atoms with Gasteiger partial charge in [0.25, 0.3) is 0 Å². The molecule has 0 spiro atoms. The zero-order valence-electron chi connectivity index (χ0n) is 16.3. The van der Waals surface area contributed by atoms with E-state index in [2.05, 4.69) is 43.3 Å². The third-order valence-corrected chi connectivity index (χ3v) is 4.88. The predicted molar refractivity (Wildman–Crippen MR) is 104 cm³/mol. The van der Waals surface area contributed by atoms with Crippen LogP contribution in [0, 0.1) is 11.3 Å². The molecule has 5 heteroatoms. The van der Waals surface area contributed by atoms with E-state index in [1.807, 2.05) is 47.2 Å². The van der Waals surface area contributed by atoms with Gasteiger partial charge < -0.3 is 10.2 Å². The fourth-order valence-electron chi connectivity index (χ4n) is 3.74. The van der Waals surface area contributed by atoms with Gasteiger partial charge in [0.15, 0.2) is 0 Å². The Balaban J connectivity index is 1.81. The van der Waals surface area contributed by atoms with E-state index in [1.54, 1.807) is 0 Å². The number of carbonyl (C=O) groups excluding carboxylic acids is 1. The van der Waals surface area contributed by atoms with Gasteiger partial charge in [-0.2, -0.15) is 5.10 Å². The van der Waals surface area contributed by atoms with Gasteiger partial charge >= 0.3 is 0 Å². The Hall–Kier alpha value is -2.14. The molecule has 1 aliphatic rings. The number of hydrogen-bond acceptors (Lipinski definition) is 3. The maximum absolute atomic E-state index is 13.5. The van der Waals surface area contributed by atoms with Crippen LogP contribution in [0.5, 0.6) is 0 Å². The largest absolute Gasteiger partial charge is 0.338 e. The molecule has 1 saturated heterocycles. The van der Waals surface area contributed by atoms with E-state index in [0.717, 1.165) is 25.2 Å². The number of benzene rings is 1. The van der Waals surface area contributed by atoms with Crippen LogP contribution >= 0.6 is 0 Å². The van der Waals surface area contributed by atoms with Gasteiger partial charge in [-0.1, -0.05) is 51.1 Å². The van der Waals surface area contributed by atoms with E-state index in [4.69, 9.17) is 0 Å². The lowest BCUT2D eigenvalue weighted by Crippen LogP contribution is -2.42. The second-order valence-corrected chi connectivity index (χ2v) is 8.56. The molecule has 2 atom stereocenters. The highest BCUT2D eigenvalue weighted by molar-refractivity contribution is 5.80. The van der Waals surface area contributed by atoms with Gasteiger partial charge in [-0.25, -0.2) is 0 Å². The van der Waals surface area contributed by atoms with E-state index in [0.29, 0.717) is 6.54 Å². The smallest absolute Gasteiger partial charge is 0.227 e. The number of carbonyl (C=O) groups is 1. The van der Waals surface area contributed by atoms with Gasteiger partial charge in [-0.15, -0.1) is 0 Å². The minimum Gasteiger partial charge on any atom is -0.338 e. The lowest BCUT2D eigenvalue weighted by atomic mass is 9.88. The number of nitrogens with zero attached hydrogens (tertiary/aromatic N) is 3. The molecule has 1 aromatic carbocycles. The quantitative estimate of drug-likeness (QED) is 0.898. The Labute approximate surface area is 156 Å². The second kappa shape index (κ2) is 7.62. The fourth-order valence-corrected chi connectivity index (χ4v) is 3.74. The molecule has 2 heterocycles. The molecule has 1 amide bonds. The van der Waals surface area contributed by atoms with Gasteiger partial charge in [-0.05, 0) is 16.5 Å². The Kier molecular flexibility index (Phi) is 5.47. The highest BCUT2D eigenvalue weighted by Gasteiger charge is 2.37. The Morgan fingerprint density at radius 3 is 2.62 bits per heavy atom. The van der Waals surface area contributed by atoms with Crippen molar-refractivity contribution in [3.63, 3.8) is 0 Å². The van der Waals surface area contributed by atoms with Crippen LogP contribution in [0.25, 0.3) is 0 Å². The van der Waals surface area contributed by atoms with Crippen molar-refractivity contribution in [3.8, 4) is 0 Å². The second-order valence-electron chi connectivity index (χ2n) is 8.56. The lowest BCUT2D eigenvalue weighted by Gasteiger charge is -2.33. The van der Waals surface area contributed by atoms with Crippen LogP contribution in [0.15, 0.2) is 42.7 Å². The highest BCUT2D eigenvalue weighted by atomic mass is 16.2. The maximum atomic E-state index is 13.5. The molecule has 26 heavy (non-hydrogen) atoms. The van der Waals surface area contributed by atoms with Crippen molar-refractivity contribution >= 4 is 5.91 Å². The monoisotopic (exact) mass is 354 g/mol. The van der Waals surface area contributed by atoms with Crippen LogP contribution < -0.4 is 5.32 Å². The van der Waals surface area contributed by atoms with Crippen molar-refractivity contribution in [2.75, 3.05) is 19.6 Å². The summed E-state index contributed by atoms with van der Waals surface area (Å²) in [5.74, 6) is 0.391. The summed E-state index contributed by atoms with van der Waals surface area (Å²) in [6, 6.07) is 10.3. The van der Waals surface area contributed by atoms with Gasteiger partial charge in [0, 0.05) is 45.3 Å². The predicted octanol–water partition coefficient (Wildman–Crippen LogP) is 2.80. The summed E-state index contributed by atoms with van der Waals surface area (Å²) in [6.07, 6.45) is 3.92. The summed E-state index contributed by atoms with van der Waals surface area (Å²) in [4.78, 5) is 15.5. The van der Waals surface area contributed by atoms with E-state index >= 15 is 0 Å². The summed E-state index contributed by atoms with van der Waals surface area (Å²) in [5, 5.41) is 7.70. The minimum atomic E-state index is -0.0368. The van der Waals surface area contributed by atoms with Gasteiger partial charge in [0.05, 0.1) is 12.1 Å². The zero-order chi connectivity index (χ0) is 18.7. The standard InChI is InChI=1S/C21H30N4O/c1-21(2,3)15-25(13-16-8-6-5-7-9-16)20(26)19-12-22-11-18(19)17-10-23-24(4)14-17/h5-10,14,18-19,22H,11-13,15H2,1-4H3/t18-,19+/m1/s1. The van der Waals surface area contributed by atoms with Crippen molar-refractivity contribution in [1.29, 1.82) is 0 Å². The van der Waals surface area contributed by atoms with Crippen LogP contribution in [0.1, 0.15) is 37.8 Å². The third-order valence-electron chi connectivity index (χ3n) is 4.88. The lowest BCUT2D eigenvalue weighted by molar-refractivity contribution is -0.137. The van der Waals surface area contributed by atoms with E-state index in [-0.39, 0.29) is 23.2 Å². The zero-order valence-corrected chi connectivity index (χ0v) is 16.3.